The summed E-state index contributed by atoms with van der Waals surface area (Å²) in [6.45, 7) is -0.00935. The van der Waals surface area contributed by atoms with E-state index in [1.807, 2.05) is 24.3 Å². The molecule has 0 amide bonds. The smallest absolute Gasteiger partial charge is 0.343 e. The number of methoxy groups -OCH3 is 1. The number of nitrogens with one attached hydrogen (secondary N) is 2. The Morgan fingerprint density at radius 1 is 0.812 bits per heavy atom. The number of rotatable bonds is 9. The zero-order valence-corrected chi connectivity index (χ0v) is 17.6. The van der Waals surface area contributed by atoms with Crippen molar-refractivity contribution in [2.24, 2.45) is 11.5 Å². The van der Waals surface area contributed by atoms with Gasteiger partial charge in [0.1, 0.15) is 29.8 Å². The number of ether oxygens (including phenoxy) is 3. The number of nitrogens with two attached hydrogens (primary N) is 2. The molecule has 8 nitrogen and oxygen atoms in total. The van der Waals surface area contributed by atoms with Crippen molar-refractivity contribution in [3.8, 4) is 22.6 Å². The fourth-order valence-corrected chi connectivity index (χ4v) is 2.98. The Balaban J connectivity index is 1.90. The molecule has 3 aromatic carbocycles. The fourth-order valence-electron chi connectivity index (χ4n) is 2.98. The minimum atomic E-state index is -0.493. The molecule has 0 fully saturated rings. The van der Waals surface area contributed by atoms with E-state index in [-0.39, 0.29) is 24.9 Å². The van der Waals surface area contributed by atoms with Gasteiger partial charge in [-0.2, -0.15) is 0 Å². The summed E-state index contributed by atoms with van der Waals surface area (Å²) < 4.78 is 16.1. The molecular formula is C24H24N4O4. The van der Waals surface area contributed by atoms with Gasteiger partial charge in [-0.3, -0.25) is 10.8 Å². The van der Waals surface area contributed by atoms with Crippen LogP contribution in [0.5, 0.6) is 11.5 Å². The lowest BCUT2D eigenvalue weighted by Gasteiger charge is -2.13. The second-order valence-electron chi connectivity index (χ2n) is 6.96. The third-order valence-electron chi connectivity index (χ3n) is 4.61. The van der Waals surface area contributed by atoms with Crippen LogP contribution >= 0.6 is 0 Å². The van der Waals surface area contributed by atoms with Crippen LogP contribution in [0.2, 0.25) is 0 Å². The Kier molecular flexibility index (Phi) is 7.07. The molecule has 0 radical (unpaired) electrons. The first-order valence-corrected chi connectivity index (χ1v) is 9.71. The number of esters is 1. The Morgan fingerprint density at radius 3 is 2.19 bits per heavy atom. The lowest BCUT2D eigenvalue weighted by atomic mass is 10.0. The van der Waals surface area contributed by atoms with Crippen molar-refractivity contribution in [3.05, 3.63) is 83.4 Å². The molecule has 3 rings (SSSR count). The zero-order valence-electron chi connectivity index (χ0n) is 17.6. The Labute approximate surface area is 185 Å². The number of carbonyl (C=O) groups is 1. The van der Waals surface area contributed by atoms with Crippen molar-refractivity contribution in [1.82, 2.24) is 0 Å². The van der Waals surface area contributed by atoms with Crippen molar-refractivity contribution in [1.29, 1.82) is 10.8 Å². The van der Waals surface area contributed by atoms with Crippen LogP contribution in [-0.2, 0) is 16.1 Å². The van der Waals surface area contributed by atoms with Crippen molar-refractivity contribution >= 4 is 17.6 Å². The summed E-state index contributed by atoms with van der Waals surface area (Å²) in [5.41, 5.74) is 14.8. The molecule has 6 N–H and O–H groups in total. The van der Waals surface area contributed by atoms with Crippen molar-refractivity contribution in [2.45, 2.75) is 6.61 Å². The molecule has 32 heavy (non-hydrogen) atoms. The third-order valence-corrected chi connectivity index (χ3v) is 4.61. The van der Waals surface area contributed by atoms with E-state index in [1.54, 1.807) is 42.5 Å². The van der Waals surface area contributed by atoms with E-state index in [0.717, 1.165) is 16.7 Å². The molecule has 0 saturated heterocycles. The standard InChI is InChI=1S/C24H24N4O4/c1-30-22(29)14-32-21-9-15(13-31-20-7-3-6-18(11-20)24(27)28)8-19(12-21)16-4-2-5-17(10-16)23(25)26/h2-12H,13-14H2,1H3,(H3,25,26)(H3,27,28). The summed E-state index contributed by atoms with van der Waals surface area (Å²) in [5, 5.41) is 15.2. The summed E-state index contributed by atoms with van der Waals surface area (Å²) in [5.74, 6) is 0.476. The van der Waals surface area contributed by atoms with E-state index in [4.69, 9.17) is 31.8 Å². The maximum Gasteiger partial charge on any atom is 0.343 e. The van der Waals surface area contributed by atoms with Crippen LogP contribution in [0.1, 0.15) is 16.7 Å². The molecule has 0 aliphatic carbocycles. The van der Waals surface area contributed by atoms with Gasteiger partial charge >= 0.3 is 5.97 Å². The summed E-state index contributed by atoms with van der Waals surface area (Å²) in [4.78, 5) is 11.5. The first-order valence-electron chi connectivity index (χ1n) is 9.71. The lowest BCUT2D eigenvalue weighted by molar-refractivity contribution is -0.142. The molecule has 0 heterocycles. The Hall–Kier alpha value is -4.33. The maximum atomic E-state index is 11.5. The van der Waals surface area contributed by atoms with E-state index < -0.39 is 5.97 Å². The molecule has 0 saturated carbocycles. The van der Waals surface area contributed by atoms with E-state index in [0.29, 0.717) is 22.6 Å². The molecular weight excluding hydrogens is 408 g/mol. The van der Waals surface area contributed by atoms with Gasteiger partial charge in [0.2, 0.25) is 0 Å². The van der Waals surface area contributed by atoms with Crippen LogP contribution in [0.25, 0.3) is 11.1 Å². The first-order chi connectivity index (χ1) is 15.4. The zero-order chi connectivity index (χ0) is 23.1. The minimum Gasteiger partial charge on any atom is -0.489 e. The van der Waals surface area contributed by atoms with Crippen molar-refractivity contribution < 1.29 is 19.0 Å². The molecule has 0 aromatic heterocycles. The second-order valence-corrected chi connectivity index (χ2v) is 6.96. The number of benzene rings is 3. The molecule has 0 aliphatic heterocycles. The highest BCUT2D eigenvalue weighted by atomic mass is 16.6. The predicted molar refractivity (Wildman–Crippen MR) is 122 cm³/mol. The average molecular weight is 432 g/mol. The van der Waals surface area contributed by atoms with E-state index in [2.05, 4.69) is 4.74 Å². The van der Waals surface area contributed by atoms with Crippen LogP contribution in [0.3, 0.4) is 0 Å². The van der Waals surface area contributed by atoms with Crippen LogP contribution in [0.4, 0.5) is 0 Å². The monoisotopic (exact) mass is 432 g/mol. The van der Waals surface area contributed by atoms with Gasteiger partial charge < -0.3 is 25.7 Å². The molecule has 3 aromatic rings. The van der Waals surface area contributed by atoms with Gasteiger partial charge in [-0.15, -0.1) is 0 Å². The van der Waals surface area contributed by atoms with Gasteiger partial charge in [-0.05, 0) is 53.1 Å². The quantitative estimate of drug-likeness (QED) is 0.232. The Bertz CT molecular complexity index is 1160. The second kappa shape index (κ2) is 10.1. The van der Waals surface area contributed by atoms with Gasteiger partial charge in [-0.25, -0.2) is 4.79 Å². The summed E-state index contributed by atoms with van der Waals surface area (Å²) in [6.07, 6.45) is 0. The molecule has 0 atom stereocenters. The molecule has 0 spiro atoms. The van der Waals surface area contributed by atoms with Crippen LogP contribution in [-0.4, -0.2) is 31.4 Å². The maximum absolute atomic E-state index is 11.5. The Morgan fingerprint density at radius 2 is 1.50 bits per heavy atom. The lowest BCUT2D eigenvalue weighted by Crippen LogP contribution is -2.13. The molecule has 0 unspecified atom stereocenters. The number of amidine groups is 2. The minimum absolute atomic E-state index is 0.0288. The first kappa shape index (κ1) is 22.4. The van der Waals surface area contributed by atoms with Gasteiger partial charge in [0.15, 0.2) is 6.61 Å². The van der Waals surface area contributed by atoms with E-state index >= 15 is 0 Å². The van der Waals surface area contributed by atoms with Gasteiger partial charge in [0.05, 0.1) is 7.11 Å². The highest BCUT2D eigenvalue weighted by molar-refractivity contribution is 5.96. The van der Waals surface area contributed by atoms with Crippen LogP contribution in [0, 0.1) is 10.8 Å². The molecule has 164 valence electrons. The summed E-state index contributed by atoms with van der Waals surface area (Å²) in [7, 11) is 1.30. The van der Waals surface area contributed by atoms with Gasteiger partial charge in [-0.1, -0.05) is 30.3 Å². The van der Waals surface area contributed by atoms with Gasteiger partial charge in [0.25, 0.3) is 0 Å². The highest BCUT2D eigenvalue weighted by Crippen LogP contribution is 2.28. The van der Waals surface area contributed by atoms with E-state index in [9.17, 15) is 4.79 Å². The largest absolute Gasteiger partial charge is 0.489 e. The van der Waals surface area contributed by atoms with Gasteiger partial charge in [0, 0.05) is 11.1 Å². The number of hydrogen-bond acceptors (Lipinski definition) is 6. The predicted octanol–water partition coefficient (Wildman–Crippen LogP) is 3.05. The summed E-state index contributed by atoms with van der Waals surface area (Å²) in [6, 6.07) is 19.7. The average Bonchev–Trinajstić information content (AvgIpc) is 2.81. The highest BCUT2D eigenvalue weighted by Gasteiger charge is 2.09. The normalized spacial score (nSPS) is 10.3. The topological polar surface area (TPSA) is 145 Å². The number of carbonyl (C=O) groups excluding carboxylic acids is 1. The molecule has 8 heteroatoms. The van der Waals surface area contributed by atoms with E-state index in [1.165, 1.54) is 7.11 Å². The number of nitrogen functional groups attached to an aromatic ring is 2. The fraction of sp³-hybridized carbons (Fsp3) is 0.125. The van der Waals surface area contributed by atoms with Crippen LogP contribution < -0.4 is 20.9 Å². The van der Waals surface area contributed by atoms with Crippen molar-refractivity contribution in [3.63, 3.8) is 0 Å². The summed E-state index contributed by atoms with van der Waals surface area (Å²) >= 11 is 0. The third kappa shape index (κ3) is 5.85. The van der Waals surface area contributed by atoms with Crippen molar-refractivity contribution in [2.75, 3.05) is 13.7 Å². The SMILES string of the molecule is COC(=O)COc1cc(COc2cccc(C(=N)N)c2)cc(-c2cccc(C(=N)N)c2)c1. The molecule has 0 bridgehead atoms. The number of hydrogen-bond donors (Lipinski definition) is 4. The van der Waals surface area contributed by atoms with Crippen LogP contribution in [0.15, 0.2) is 66.7 Å². The molecule has 0 aliphatic rings.